The van der Waals surface area contributed by atoms with Crippen LogP contribution in [0.3, 0.4) is 0 Å². The van der Waals surface area contributed by atoms with Crippen LogP contribution in [0.25, 0.3) is 10.2 Å². The highest BCUT2D eigenvalue weighted by molar-refractivity contribution is 7.18. The number of hydrogen-bond donors (Lipinski definition) is 1. The molecule has 3 rings (SSSR count). The van der Waals surface area contributed by atoms with Crippen molar-refractivity contribution >= 4 is 38.8 Å². The minimum atomic E-state index is -0.257. The van der Waals surface area contributed by atoms with Gasteiger partial charge in [0.1, 0.15) is 10.8 Å². The van der Waals surface area contributed by atoms with Crippen molar-refractivity contribution in [3.05, 3.63) is 58.3 Å². The molecule has 1 aromatic heterocycles. The van der Waals surface area contributed by atoms with Gasteiger partial charge in [0.15, 0.2) is 0 Å². The second-order valence-corrected chi connectivity index (χ2v) is 5.64. The highest BCUT2D eigenvalue weighted by Crippen LogP contribution is 2.24. The first-order valence-electron chi connectivity index (χ1n) is 5.75. The van der Waals surface area contributed by atoms with Crippen molar-refractivity contribution in [2.24, 2.45) is 0 Å². The number of nitrogens with one attached hydrogen (secondary N) is 1. The Bertz CT molecular complexity index is 726. The first-order valence-corrected chi connectivity index (χ1v) is 6.94. The first kappa shape index (κ1) is 12.4. The maximum atomic E-state index is 13.1. The van der Waals surface area contributed by atoms with Crippen LogP contribution >= 0.6 is 22.9 Å². The van der Waals surface area contributed by atoms with Gasteiger partial charge in [-0.25, -0.2) is 9.37 Å². The maximum absolute atomic E-state index is 13.1. The number of halogens is 2. The third-order valence-electron chi connectivity index (χ3n) is 2.66. The van der Waals surface area contributed by atoms with Crippen LogP contribution in [-0.2, 0) is 6.54 Å². The minimum Gasteiger partial charge on any atom is -0.378 e. The summed E-state index contributed by atoms with van der Waals surface area (Å²) in [7, 11) is 0. The zero-order chi connectivity index (χ0) is 13.2. The topological polar surface area (TPSA) is 24.9 Å². The monoisotopic (exact) mass is 292 g/mol. The summed E-state index contributed by atoms with van der Waals surface area (Å²) in [5.41, 5.74) is 1.64. The zero-order valence-electron chi connectivity index (χ0n) is 9.86. The van der Waals surface area contributed by atoms with E-state index in [-0.39, 0.29) is 5.82 Å². The molecule has 0 atom stereocenters. The molecule has 0 aliphatic carbocycles. The lowest BCUT2D eigenvalue weighted by Crippen LogP contribution is -1.98. The predicted molar refractivity (Wildman–Crippen MR) is 78.4 cm³/mol. The molecule has 1 heterocycles. The summed E-state index contributed by atoms with van der Waals surface area (Å²) in [6.07, 6.45) is 0. The second kappa shape index (κ2) is 5.15. The second-order valence-electron chi connectivity index (χ2n) is 4.08. The Labute approximate surface area is 118 Å². The lowest BCUT2D eigenvalue weighted by atomic mass is 10.3. The van der Waals surface area contributed by atoms with Gasteiger partial charge >= 0.3 is 0 Å². The van der Waals surface area contributed by atoms with Crippen LogP contribution in [0.2, 0.25) is 5.02 Å². The van der Waals surface area contributed by atoms with E-state index in [9.17, 15) is 4.39 Å². The van der Waals surface area contributed by atoms with E-state index < -0.39 is 0 Å². The molecule has 0 saturated heterocycles. The molecule has 96 valence electrons. The van der Waals surface area contributed by atoms with Gasteiger partial charge in [-0.05, 0) is 30.3 Å². The molecule has 0 unspecified atom stereocenters. The van der Waals surface area contributed by atoms with E-state index in [0.717, 1.165) is 15.4 Å². The predicted octanol–water partition coefficient (Wildman–Crippen LogP) is 4.70. The number of fused-ring (bicyclic) bond motifs is 1. The molecule has 0 amide bonds. The number of aromatic nitrogens is 1. The summed E-state index contributed by atoms with van der Waals surface area (Å²) in [4.78, 5) is 4.39. The fourth-order valence-corrected chi connectivity index (χ4v) is 2.88. The highest BCUT2D eigenvalue weighted by Gasteiger charge is 2.04. The normalized spacial score (nSPS) is 10.8. The molecule has 0 fully saturated rings. The fraction of sp³-hybridized carbons (Fsp3) is 0.0714. The highest BCUT2D eigenvalue weighted by atomic mass is 35.5. The average Bonchev–Trinajstić information content (AvgIpc) is 2.78. The minimum absolute atomic E-state index is 0.257. The Balaban J connectivity index is 1.78. The van der Waals surface area contributed by atoms with Crippen molar-refractivity contribution in [3.63, 3.8) is 0 Å². The molecule has 0 saturated carbocycles. The molecule has 0 bridgehead atoms. The average molecular weight is 293 g/mol. The van der Waals surface area contributed by atoms with E-state index in [0.29, 0.717) is 17.1 Å². The van der Waals surface area contributed by atoms with Gasteiger partial charge in [-0.15, -0.1) is 11.3 Å². The van der Waals surface area contributed by atoms with Crippen LogP contribution in [0, 0.1) is 5.82 Å². The molecular formula is C14H10ClFN2S. The third kappa shape index (κ3) is 2.85. The van der Waals surface area contributed by atoms with E-state index in [1.165, 1.54) is 12.1 Å². The standard InChI is InChI=1S/C14H10ClFN2S/c15-9-2-1-3-11(6-9)17-8-14-18-12-7-10(16)4-5-13(12)19-14/h1-7,17H,8H2. The van der Waals surface area contributed by atoms with Crippen LogP contribution in [-0.4, -0.2) is 4.98 Å². The Kier molecular flexibility index (Phi) is 3.36. The summed E-state index contributed by atoms with van der Waals surface area (Å²) in [6.45, 7) is 0.599. The number of rotatable bonds is 3. The van der Waals surface area contributed by atoms with E-state index in [1.807, 2.05) is 24.3 Å². The van der Waals surface area contributed by atoms with E-state index in [4.69, 9.17) is 11.6 Å². The van der Waals surface area contributed by atoms with Crippen molar-refractivity contribution in [1.29, 1.82) is 0 Å². The van der Waals surface area contributed by atoms with Crippen molar-refractivity contribution in [2.75, 3.05) is 5.32 Å². The lowest BCUT2D eigenvalue weighted by molar-refractivity contribution is 0.629. The quantitative estimate of drug-likeness (QED) is 0.757. The largest absolute Gasteiger partial charge is 0.378 e. The fourth-order valence-electron chi connectivity index (χ4n) is 1.80. The summed E-state index contributed by atoms with van der Waals surface area (Å²) >= 11 is 7.47. The number of nitrogens with zero attached hydrogens (tertiary/aromatic N) is 1. The molecule has 5 heteroatoms. The molecule has 2 nitrogen and oxygen atoms in total. The molecular weight excluding hydrogens is 283 g/mol. The van der Waals surface area contributed by atoms with Crippen LogP contribution in [0.15, 0.2) is 42.5 Å². The van der Waals surface area contributed by atoms with E-state index >= 15 is 0 Å². The summed E-state index contributed by atoms with van der Waals surface area (Å²) < 4.78 is 14.1. The smallest absolute Gasteiger partial charge is 0.125 e. The Morgan fingerprint density at radius 3 is 2.95 bits per heavy atom. The van der Waals surface area contributed by atoms with E-state index in [1.54, 1.807) is 17.4 Å². The number of thiazole rings is 1. The van der Waals surface area contributed by atoms with Crippen molar-refractivity contribution in [2.45, 2.75) is 6.54 Å². The number of anilines is 1. The molecule has 0 spiro atoms. The summed E-state index contributed by atoms with van der Waals surface area (Å²) in [5.74, 6) is -0.257. The van der Waals surface area contributed by atoms with Gasteiger partial charge in [0, 0.05) is 16.8 Å². The Hall–Kier alpha value is -1.65. The van der Waals surface area contributed by atoms with Gasteiger partial charge in [-0.3, -0.25) is 0 Å². The molecule has 0 aliphatic rings. The molecule has 2 aromatic carbocycles. The summed E-state index contributed by atoms with van der Waals surface area (Å²) in [6, 6.07) is 12.2. The first-order chi connectivity index (χ1) is 9.20. The van der Waals surface area contributed by atoms with Crippen LogP contribution in [0.4, 0.5) is 10.1 Å². The van der Waals surface area contributed by atoms with Gasteiger partial charge in [-0.1, -0.05) is 17.7 Å². The van der Waals surface area contributed by atoms with E-state index in [2.05, 4.69) is 10.3 Å². The van der Waals surface area contributed by atoms with Gasteiger partial charge in [0.25, 0.3) is 0 Å². The van der Waals surface area contributed by atoms with Gasteiger partial charge in [-0.2, -0.15) is 0 Å². The van der Waals surface area contributed by atoms with Crippen molar-refractivity contribution < 1.29 is 4.39 Å². The third-order valence-corrected chi connectivity index (χ3v) is 3.93. The maximum Gasteiger partial charge on any atom is 0.125 e. The van der Waals surface area contributed by atoms with Gasteiger partial charge < -0.3 is 5.32 Å². The number of hydrogen-bond acceptors (Lipinski definition) is 3. The molecule has 19 heavy (non-hydrogen) atoms. The lowest BCUT2D eigenvalue weighted by Gasteiger charge is -2.03. The molecule has 3 aromatic rings. The zero-order valence-corrected chi connectivity index (χ0v) is 11.4. The van der Waals surface area contributed by atoms with Crippen molar-refractivity contribution in [1.82, 2.24) is 4.98 Å². The van der Waals surface area contributed by atoms with Crippen LogP contribution in [0.5, 0.6) is 0 Å². The Morgan fingerprint density at radius 1 is 1.21 bits per heavy atom. The summed E-state index contributed by atoms with van der Waals surface area (Å²) in [5, 5.41) is 4.86. The van der Waals surface area contributed by atoms with Crippen molar-refractivity contribution in [3.8, 4) is 0 Å². The Morgan fingerprint density at radius 2 is 2.11 bits per heavy atom. The SMILES string of the molecule is Fc1ccc2sc(CNc3cccc(Cl)c3)nc2c1. The van der Waals surface area contributed by atoms with Gasteiger partial charge in [0.05, 0.1) is 16.8 Å². The van der Waals surface area contributed by atoms with Crippen LogP contribution in [0.1, 0.15) is 5.01 Å². The number of benzene rings is 2. The molecule has 1 N–H and O–H groups in total. The molecule has 0 aliphatic heterocycles. The van der Waals surface area contributed by atoms with Gasteiger partial charge in [0.2, 0.25) is 0 Å². The molecule has 0 radical (unpaired) electrons. The van der Waals surface area contributed by atoms with Crippen LogP contribution < -0.4 is 5.32 Å².